The topological polar surface area (TPSA) is 67.6 Å². The molecule has 1 aliphatic heterocycles. The maximum absolute atomic E-state index is 12.5. The molecule has 1 N–H and O–H groups in total. The number of aliphatic hydroxyl groups excluding tert-OH is 1. The van der Waals surface area contributed by atoms with Crippen LogP contribution in [0.4, 0.5) is 5.69 Å². The number of nitrogens with zero attached hydrogens (tertiary/aromatic N) is 3. The highest BCUT2D eigenvalue weighted by molar-refractivity contribution is 5.99. The quantitative estimate of drug-likeness (QED) is 0.868. The summed E-state index contributed by atoms with van der Waals surface area (Å²) < 4.78 is 0. The first kappa shape index (κ1) is 14.5. The smallest absolute Gasteiger partial charge is 0.244 e. The second-order valence-corrected chi connectivity index (χ2v) is 4.81. The fraction of sp³-hybridized carbons (Fsp3) is 0.467. The molecule has 0 radical (unpaired) electrons. The molecule has 106 valence electrons. The van der Waals surface area contributed by atoms with Gasteiger partial charge in [-0.3, -0.25) is 9.69 Å². The molecule has 1 aliphatic rings. The predicted molar refractivity (Wildman–Crippen MR) is 76.2 cm³/mol. The van der Waals surface area contributed by atoms with Crippen molar-refractivity contribution in [3.8, 4) is 6.07 Å². The fourth-order valence-corrected chi connectivity index (χ4v) is 2.64. The van der Waals surface area contributed by atoms with E-state index in [2.05, 4.69) is 6.07 Å². The van der Waals surface area contributed by atoms with Gasteiger partial charge in [0.05, 0.1) is 24.3 Å². The largest absolute Gasteiger partial charge is 0.395 e. The van der Waals surface area contributed by atoms with E-state index in [-0.39, 0.29) is 18.6 Å². The van der Waals surface area contributed by atoms with Gasteiger partial charge in [-0.15, -0.1) is 0 Å². The van der Waals surface area contributed by atoms with Crippen LogP contribution in [0.25, 0.3) is 0 Å². The SMILES string of the molecule is CCN(CCO)C1CCN(c2ccc(C#N)cc2)C1=O. The number of nitriles is 1. The number of benzene rings is 1. The number of anilines is 1. The van der Waals surface area contributed by atoms with Gasteiger partial charge in [0.15, 0.2) is 0 Å². The normalized spacial score (nSPS) is 18.6. The molecule has 1 saturated heterocycles. The molecular weight excluding hydrogens is 254 g/mol. The summed E-state index contributed by atoms with van der Waals surface area (Å²) in [6.45, 7) is 4.01. The van der Waals surface area contributed by atoms with Crippen molar-refractivity contribution < 1.29 is 9.90 Å². The van der Waals surface area contributed by atoms with Gasteiger partial charge in [0.2, 0.25) is 5.91 Å². The van der Waals surface area contributed by atoms with Crippen LogP contribution in [0.5, 0.6) is 0 Å². The van der Waals surface area contributed by atoms with Crippen LogP contribution in [0, 0.1) is 11.3 Å². The minimum absolute atomic E-state index is 0.0640. The molecule has 1 aromatic carbocycles. The van der Waals surface area contributed by atoms with Crippen LogP contribution < -0.4 is 4.90 Å². The molecular formula is C15H19N3O2. The van der Waals surface area contributed by atoms with E-state index in [0.717, 1.165) is 18.7 Å². The third-order valence-corrected chi connectivity index (χ3v) is 3.72. The van der Waals surface area contributed by atoms with Gasteiger partial charge in [-0.05, 0) is 37.2 Å². The molecule has 0 aliphatic carbocycles. The van der Waals surface area contributed by atoms with Crippen LogP contribution in [-0.2, 0) is 4.79 Å². The first-order valence-corrected chi connectivity index (χ1v) is 6.87. The average molecular weight is 273 g/mol. The van der Waals surface area contributed by atoms with Crippen molar-refractivity contribution in [2.45, 2.75) is 19.4 Å². The summed E-state index contributed by atoms with van der Waals surface area (Å²) in [5.41, 5.74) is 1.42. The number of hydrogen-bond donors (Lipinski definition) is 1. The Balaban J connectivity index is 2.12. The van der Waals surface area contributed by atoms with Crippen molar-refractivity contribution in [3.05, 3.63) is 29.8 Å². The van der Waals surface area contributed by atoms with E-state index in [1.165, 1.54) is 0 Å². The van der Waals surface area contributed by atoms with E-state index in [1.807, 2.05) is 11.8 Å². The summed E-state index contributed by atoms with van der Waals surface area (Å²) >= 11 is 0. The van der Waals surface area contributed by atoms with E-state index in [0.29, 0.717) is 18.7 Å². The molecule has 1 heterocycles. The van der Waals surface area contributed by atoms with Gasteiger partial charge in [-0.2, -0.15) is 5.26 Å². The highest BCUT2D eigenvalue weighted by Crippen LogP contribution is 2.24. The molecule has 2 rings (SSSR count). The van der Waals surface area contributed by atoms with E-state index in [4.69, 9.17) is 10.4 Å². The van der Waals surface area contributed by atoms with Crippen LogP contribution in [0.15, 0.2) is 24.3 Å². The molecule has 1 unspecified atom stereocenters. The number of carbonyl (C=O) groups excluding carboxylic acids is 1. The van der Waals surface area contributed by atoms with Crippen molar-refractivity contribution in [2.75, 3.05) is 31.1 Å². The summed E-state index contributed by atoms with van der Waals surface area (Å²) in [5.74, 6) is 0.0741. The third kappa shape index (κ3) is 2.82. The minimum atomic E-state index is -0.150. The lowest BCUT2D eigenvalue weighted by molar-refractivity contribution is -0.121. The molecule has 1 atom stereocenters. The Kier molecular flexibility index (Phi) is 4.72. The number of aliphatic hydroxyl groups is 1. The summed E-state index contributed by atoms with van der Waals surface area (Å²) in [6.07, 6.45) is 0.771. The van der Waals surface area contributed by atoms with Crippen molar-refractivity contribution >= 4 is 11.6 Å². The molecule has 20 heavy (non-hydrogen) atoms. The van der Waals surface area contributed by atoms with Gasteiger partial charge in [0.25, 0.3) is 0 Å². The summed E-state index contributed by atoms with van der Waals surface area (Å²) in [7, 11) is 0. The molecule has 0 spiro atoms. The zero-order chi connectivity index (χ0) is 14.5. The fourth-order valence-electron chi connectivity index (χ4n) is 2.64. The number of carbonyl (C=O) groups is 1. The monoisotopic (exact) mass is 273 g/mol. The minimum Gasteiger partial charge on any atom is -0.395 e. The zero-order valence-electron chi connectivity index (χ0n) is 11.6. The van der Waals surface area contributed by atoms with E-state index in [9.17, 15) is 4.79 Å². The number of likely N-dealkylation sites (N-methyl/N-ethyl adjacent to an activating group) is 1. The predicted octanol–water partition coefficient (Wildman–Crippen LogP) is 0.978. The second-order valence-electron chi connectivity index (χ2n) is 4.81. The number of hydrogen-bond acceptors (Lipinski definition) is 4. The lowest BCUT2D eigenvalue weighted by Gasteiger charge is -2.25. The van der Waals surface area contributed by atoms with Gasteiger partial charge < -0.3 is 10.0 Å². The van der Waals surface area contributed by atoms with Crippen LogP contribution in [0.3, 0.4) is 0 Å². The summed E-state index contributed by atoms with van der Waals surface area (Å²) in [6, 6.07) is 8.98. The molecule has 1 amide bonds. The Hall–Kier alpha value is -1.90. The molecule has 0 aromatic heterocycles. The lowest BCUT2D eigenvalue weighted by Crippen LogP contribution is -2.43. The highest BCUT2D eigenvalue weighted by atomic mass is 16.3. The van der Waals surface area contributed by atoms with Crippen LogP contribution in [0.2, 0.25) is 0 Å². The Labute approximate surface area is 119 Å². The molecule has 5 nitrogen and oxygen atoms in total. The van der Waals surface area contributed by atoms with Crippen molar-refractivity contribution in [1.82, 2.24) is 4.90 Å². The number of rotatable bonds is 5. The molecule has 1 aromatic rings. The van der Waals surface area contributed by atoms with E-state index < -0.39 is 0 Å². The maximum atomic E-state index is 12.5. The van der Waals surface area contributed by atoms with Gasteiger partial charge in [0, 0.05) is 18.8 Å². The van der Waals surface area contributed by atoms with Gasteiger partial charge in [-0.25, -0.2) is 0 Å². The molecule has 5 heteroatoms. The second kappa shape index (κ2) is 6.51. The number of amides is 1. The Morgan fingerprint density at radius 3 is 2.70 bits per heavy atom. The standard InChI is InChI=1S/C15H19N3O2/c1-2-17(9-10-19)14-7-8-18(15(14)20)13-5-3-12(11-16)4-6-13/h3-6,14,19H,2,7-10H2,1H3. The Bertz CT molecular complexity index is 507. The summed E-state index contributed by atoms with van der Waals surface area (Å²) in [5, 5.41) is 17.8. The van der Waals surface area contributed by atoms with Crippen LogP contribution in [-0.4, -0.2) is 48.2 Å². The van der Waals surface area contributed by atoms with Crippen LogP contribution >= 0.6 is 0 Å². The zero-order valence-corrected chi connectivity index (χ0v) is 11.6. The Morgan fingerprint density at radius 2 is 2.15 bits per heavy atom. The molecule has 0 bridgehead atoms. The maximum Gasteiger partial charge on any atom is 0.244 e. The van der Waals surface area contributed by atoms with Crippen molar-refractivity contribution in [1.29, 1.82) is 5.26 Å². The Morgan fingerprint density at radius 1 is 1.45 bits per heavy atom. The first-order chi connectivity index (χ1) is 9.71. The summed E-state index contributed by atoms with van der Waals surface area (Å²) in [4.78, 5) is 16.2. The van der Waals surface area contributed by atoms with Crippen LogP contribution in [0.1, 0.15) is 18.9 Å². The van der Waals surface area contributed by atoms with Gasteiger partial charge in [0.1, 0.15) is 0 Å². The first-order valence-electron chi connectivity index (χ1n) is 6.87. The lowest BCUT2D eigenvalue weighted by atomic mass is 10.2. The van der Waals surface area contributed by atoms with Gasteiger partial charge >= 0.3 is 0 Å². The van der Waals surface area contributed by atoms with Crippen molar-refractivity contribution in [3.63, 3.8) is 0 Å². The van der Waals surface area contributed by atoms with E-state index >= 15 is 0 Å². The molecule has 1 fully saturated rings. The molecule has 0 saturated carbocycles. The third-order valence-electron chi connectivity index (χ3n) is 3.72. The van der Waals surface area contributed by atoms with Gasteiger partial charge in [-0.1, -0.05) is 6.92 Å². The highest BCUT2D eigenvalue weighted by Gasteiger charge is 2.35. The van der Waals surface area contributed by atoms with Crippen molar-refractivity contribution in [2.24, 2.45) is 0 Å². The van der Waals surface area contributed by atoms with E-state index in [1.54, 1.807) is 29.2 Å². The average Bonchev–Trinajstić information content (AvgIpc) is 2.86.